The number of amides is 1. The second kappa shape index (κ2) is 7.94. The fourth-order valence-electron chi connectivity index (χ4n) is 2.59. The van der Waals surface area contributed by atoms with E-state index in [0.29, 0.717) is 23.2 Å². The molecule has 0 fully saturated rings. The van der Waals surface area contributed by atoms with Crippen molar-refractivity contribution in [3.8, 4) is 22.9 Å². The lowest BCUT2D eigenvalue weighted by molar-refractivity contribution is 0.0634. The summed E-state index contributed by atoms with van der Waals surface area (Å²) in [5, 5.41) is 4.01. The molecule has 1 aromatic carbocycles. The summed E-state index contributed by atoms with van der Waals surface area (Å²) in [6.45, 7) is 4.00. The molecule has 3 aromatic rings. The van der Waals surface area contributed by atoms with E-state index in [-0.39, 0.29) is 24.3 Å². The molecule has 8 nitrogen and oxygen atoms in total. The van der Waals surface area contributed by atoms with Crippen LogP contribution < -0.4 is 9.47 Å². The third kappa shape index (κ3) is 3.94. The van der Waals surface area contributed by atoms with Gasteiger partial charge in [0.25, 0.3) is 5.91 Å². The summed E-state index contributed by atoms with van der Waals surface area (Å²) >= 11 is 0. The maximum absolute atomic E-state index is 12.6. The van der Waals surface area contributed by atoms with Crippen LogP contribution in [0.25, 0.3) is 11.4 Å². The van der Waals surface area contributed by atoms with Gasteiger partial charge in [0.05, 0.1) is 20.5 Å². The lowest BCUT2D eigenvalue weighted by Gasteiger charge is -2.23. The van der Waals surface area contributed by atoms with Gasteiger partial charge in [-0.2, -0.15) is 4.98 Å². The molecule has 0 saturated heterocycles. The Balaban J connectivity index is 1.81. The van der Waals surface area contributed by atoms with Crippen molar-refractivity contribution in [3.63, 3.8) is 0 Å². The molecule has 2 heterocycles. The van der Waals surface area contributed by atoms with E-state index in [0.717, 1.165) is 5.56 Å². The topological polar surface area (TPSA) is 90.8 Å². The van der Waals surface area contributed by atoms with E-state index in [1.165, 1.54) is 6.26 Å². The standard InChI is InChI=1S/C19H21N3O5/c1-12(2)22(19(23)15-6-5-9-26-15)11-17-20-18(21-27-17)13-7-8-14(24-3)16(10-13)25-4/h5-10,12H,11H2,1-4H3. The Bertz CT molecular complexity index is 902. The molecule has 0 aliphatic rings. The number of rotatable bonds is 7. The van der Waals surface area contributed by atoms with Crippen LogP contribution in [0.2, 0.25) is 0 Å². The van der Waals surface area contributed by atoms with E-state index in [1.807, 2.05) is 19.9 Å². The Morgan fingerprint density at radius 1 is 1.19 bits per heavy atom. The highest BCUT2D eigenvalue weighted by Gasteiger charge is 2.24. The predicted octanol–water partition coefficient (Wildman–Crippen LogP) is 3.40. The monoisotopic (exact) mass is 371 g/mol. The van der Waals surface area contributed by atoms with E-state index < -0.39 is 0 Å². The summed E-state index contributed by atoms with van der Waals surface area (Å²) in [4.78, 5) is 18.6. The zero-order valence-corrected chi connectivity index (χ0v) is 15.6. The van der Waals surface area contributed by atoms with E-state index in [4.69, 9.17) is 18.4 Å². The second-order valence-corrected chi connectivity index (χ2v) is 6.09. The average Bonchev–Trinajstić information content (AvgIpc) is 3.36. The fraction of sp³-hybridized carbons (Fsp3) is 0.316. The Kier molecular flexibility index (Phi) is 5.44. The van der Waals surface area contributed by atoms with Gasteiger partial charge >= 0.3 is 0 Å². The van der Waals surface area contributed by atoms with Gasteiger partial charge in [-0.15, -0.1) is 0 Å². The summed E-state index contributed by atoms with van der Waals surface area (Å²) < 4.78 is 21.1. The van der Waals surface area contributed by atoms with Crippen LogP contribution in [0.1, 0.15) is 30.3 Å². The number of methoxy groups -OCH3 is 2. The molecule has 0 aliphatic heterocycles. The maximum Gasteiger partial charge on any atom is 0.290 e. The molecule has 0 aliphatic carbocycles. The molecule has 0 atom stereocenters. The predicted molar refractivity (Wildman–Crippen MR) is 96.6 cm³/mol. The van der Waals surface area contributed by atoms with Crippen LogP contribution in [-0.4, -0.2) is 41.2 Å². The van der Waals surface area contributed by atoms with E-state index >= 15 is 0 Å². The number of carbonyl (C=O) groups excluding carboxylic acids is 1. The molecular formula is C19H21N3O5. The number of hydrogen-bond donors (Lipinski definition) is 0. The van der Waals surface area contributed by atoms with Crippen molar-refractivity contribution in [2.24, 2.45) is 0 Å². The first-order chi connectivity index (χ1) is 13.0. The molecule has 0 saturated carbocycles. The van der Waals surface area contributed by atoms with Gasteiger partial charge in [0, 0.05) is 11.6 Å². The third-order valence-electron chi connectivity index (χ3n) is 4.03. The van der Waals surface area contributed by atoms with Crippen LogP contribution in [-0.2, 0) is 6.54 Å². The third-order valence-corrected chi connectivity index (χ3v) is 4.03. The van der Waals surface area contributed by atoms with Gasteiger partial charge in [0.2, 0.25) is 11.7 Å². The van der Waals surface area contributed by atoms with Gasteiger partial charge in [-0.05, 0) is 44.2 Å². The molecule has 27 heavy (non-hydrogen) atoms. The molecule has 3 rings (SSSR count). The Morgan fingerprint density at radius 3 is 2.59 bits per heavy atom. The molecule has 142 valence electrons. The van der Waals surface area contributed by atoms with Gasteiger partial charge < -0.3 is 23.3 Å². The normalized spacial score (nSPS) is 10.9. The van der Waals surface area contributed by atoms with Crippen molar-refractivity contribution in [2.45, 2.75) is 26.4 Å². The van der Waals surface area contributed by atoms with Crippen molar-refractivity contribution in [1.29, 1.82) is 0 Å². The van der Waals surface area contributed by atoms with Crippen molar-refractivity contribution in [3.05, 3.63) is 48.2 Å². The summed E-state index contributed by atoms with van der Waals surface area (Å²) in [7, 11) is 3.13. The number of carbonyl (C=O) groups is 1. The summed E-state index contributed by atoms with van der Waals surface area (Å²) in [6.07, 6.45) is 1.47. The van der Waals surface area contributed by atoms with Gasteiger partial charge in [-0.1, -0.05) is 5.16 Å². The lowest BCUT2D eigenvalue weighted by atomic mass is 10.2. The smallest absolute Gasteiger partial charge is 0.290 e. The van der Waals surface area contributed by atoms with Crippen molar-refractivity contribution in [2.75, 3.05) is 14.2 Å². The van der Waals surface area contributed by atoms with Crippen LogP contribution in [0.4, 0.5) is 0 Å². The number of aromatic nitrogens is 2. The number of nitrogens with zero attached hydrogens (tertiary/aromatic N) is 3. The Labute approximate surface area is 156 Å². The minimum atomic E-state index is -0.235. The fourth-order valence-corrected chi connectivity index (χ4v) is 2.59. The van der Waals surface area contributed by atoms with Crippen LogP contribution in [0.5, 0.6) is 11.5 Å². The Morgan fingerprint density at radius 2 is 1.96 bits per heavy atom. The highest BCUT2D eigenvalue weighted by molar-refractivity contribution is 5.91. The average molecular weight is 371 g/mol. The largest absolute Gasteiger partial charge is 0.493 e. The van der Waals surface area contributed by atoms with Crippen LogP contribution >= 0.6 is 0 Å². The van der Waals surface area contributed by atoms with Crippen LogP contribution in [0.15, 0.2) is 45.5 Å². The highest BCUT2D eigenvalue weighted by atomic mass is 16.5. The minimum absolute atomic E-state index is 0.0703. The Hall–Kier alpha value is -3.29. The van der Waals surface area contributed by atoms with Crippen LogP contribution in [0.3, 0.4) is 0 Å². The number of benzene rings is 1. The zero-order chi connectivity index (χ0) is 19.4. The summed E-state index contributed by atoms with van der Waals surface area (Å²) in [5.74, 6) is 1.94. The molecule has 0 N–H and O–H groups in total. The molecule has 0 unspecified atom stereocenters. The first-order valence-corrected chi connectivity index (χ1v) is 8.43. The van der Waals surface area contributed by atoms with Gasteiger partial charge in [-0.25, -0.2) is 0 Å². The SMILES string of the molecule is COc1ccc(-c2noc(CN(C(=O)c3ccco3)C(C)C)n2)cc1OC. The van der Waals surface area contributed by atoms with Gasteiger partial charge in [0.1, 0.15) is 6.54 Å². The molecular weight excluding hydrogens is 350 g/mol. The molecule has 0 bridgehead atoms. The number of ether oxygens (including phenoxy) is 2. The summed E-state index contributed by atoms with van der Waals surface area (Å²) in [6, 6.07) is 8.57. The molecule has 2 aromatic heterocycles. The first kappa shape index (κ1) is 18.5. The quantitative estimate of drug-likeness (QED) is 0.628. The first-order valence-electron chi connectivity index (χ1n) is 8.43. The maximum atomic E-state index is 12.6. The number of furan rings is 1. The van der Waals surface area contributed by atoms with E-state index in [1.54, 1.807) is 43.4 Å². The second-order valence-electron chi connectivity index (χ2n) is 6.09. The molecule has 8 heteroatoms. The van der Waals surface area contributed by atoms with Gasteiger partial charge in [0.15, 0.2) is 17.3 Å². The molecule has 0 radical (unpaired) electrons. The van der Waals surface area contributed by atoms with Gasteiger partial charge in [-0.3, -0.25) is 4.79 Å². The van der Waals surface area contributed by atoms with Crippen molar-refractivity contribution in [1.82, 2.24) is 15.0 Å². The van der Waals surface area contributed by atoms with Crippen molar-refractivity contribution >= 4 is 5.91 Å². The molecule has 1 amide bonds. The van der Waals surface area contributed by atoms with E-state index in [2.05, 4.69) is 10.1 Å². The highest BCUT2D eigenvalue weighted by Crippen LogP contribution is 2.31. The minimum Gasteiger partial charge on any atom is -0.493 e. The molecule has 0 spiro atoms. The van der Waals surface area contributed by atoms with Crippen LogP contribution in [0, 0.1) is 0 Å². The number of hydrogen-bond acceptors (Lipinski definition) is 7. The lowest BCUT2D eigenvalue weighted by Crippen LogP contribution is -2.36. The zero-order valence-electron chi connectivity index (χ0n) is 15.6. The summed E-state index contributed by atoms with van der Waals surface area (Å²) in [5.41, 5.74) is 0.719. The van der Waals surface area contributed by atoms with E-state index in [9.17, 15) is 4.79 Å². The van der Waals surface area contributed by atoms with Crippen molar-refractivity contribution < 1.29 is 23.2 Å².